The predicted molar refractivity (Wildman–Crippen MR) is 125 cm³/mol. The number of carbonyl (C=O) groups excluding carboxylic acids is 1. The van der Waals surface area contributed by atoms with Crippen molar-refractivity contribution in [2.45, 2.75) is 50.6 Å². The number of likely N-dealkylation sites (tertiary alicyclic amines) is 1. The SMILES string of the molecule is CN1CCC[C@H](CNC(=O)c2cc(NCc3ccoc3)cc(S(=O)(=O)NC(C)(C)C)c2)C1. The van der Waals surface area contributed by atoms with E-state index >= 15 is 0 Å². The summed E-state index contributed by atoms with van der Waals surface area (Å²) in [6, 6.07) is 6.47. The minimum absolute atomic E-state index is 0.0483. The highest BCUT2D eigenvalue weighted by Gasteiger charge is 2.24. The fourth-order valence-corrected chi connectivity index (χ4v) is 5.31. The van der Waals surface area contributed by atoms with Crippen LogP contribution in [0.25, 0.3) is 0 Å². The van der Waals surface area contributed by atoms with Crippen molar-refractivity contribution in [2.24, 2.45) is 5.92 Å². The number of sulfonamides is 1. The Morgan fingerprint density at radius 2 is 2.03 bits per heavy atom. The first kappa shape index (κ1) is 24.3. The lowest BCUT2D eigenvalue weighted by atomic mass is 9.98. The summed E-state index contributed by atoms with van der Waals surface area (Å²) in [6.45, 7) is 8.37. The van der Waals surface area contributed by atoms with Gasteiger partial charge in [0.2, 0.25) is 10.0 Å². The molecule has 0 aliphatic carbocycles. The van der Waals surface area contributed by atoms with E-state index in [0.29, 0.717) is 30.3 Å². The molecule has 1 fully saturated rings. The normalized spacial score (nSPS) is 17.8. The number of nitrogens with zero attached hydrogens (tertiary/aromatic N) is 1. The van der Waals surface area contributed by atoms with Crippen molar-refractivity contribution < 1.29 is 17.6 Å². The lowest BCUT2D eigenvalue weighted by Crippen LogP contribution is -2.40. The maximum Gasteiger partial charge on any atom is 0.251 e. The van der Waals surface area contributed by atoms with Crippen molar-refractivity contribution in [2.75, 3.05) is 32.0 Å². The summed E-state index contributed by atoms with van der Waals surface area (Å²) in [5, 5.41) is 6.18. The van der Waals surface area contributed by atoms with Crippen LogP contribution in [0.4, 0.5) is 5.69 Å². The zero-order chi connectivity index (χ0) is 23.4. The fourth-order valence-electron chi connectivity index (χ4n) is 3.83. The average Bonchev–Trinajstić information content (AvgIpc) is 3.22. The van der Waals surface area contributed by atoms with Gasteiger partial charge < -0.3 is 20.0 Å². The molecular formula is C23H34N4O4S. The van der Waals surface area contributed by atoms with Gasteiger partial charge in [0.15, 0.2) is 0 Å². The molecule has 0 saturated carbocycles. The summed E-state index contributed by atoms with van der Waals surface area (Å²) in [7, 11) is -1.72. The number of piperidine rings is 1. The number of benzene rings is 1. The van der Waals surface area contributed by atoms with Crippen molar-refractivity contribution in [1.29, 1.82) is 0 Å². The second-order valence-electron chi connectivity index (χ2n) is 9.57. The van der Waals surface area contributed by atoms with Crippen molar-refractivity contribution in [3.8, 4) is 0 Å². The number of anilines is 1. The molecule has 1 aliphatic rings. The Morgan fingerprint density at radius 3 is 2.69 bits per heavy atom. The fraction of sp³-hybridized carbons (Fsp3) is 0.522. The summed E-state index contributed by atoms with van der Waals surface area (Å²) in [5.41, 5.74) is 1.12. The van der Waals surface area contributed by atoms with Gasteiger partial charge in [-0.15, -0.1) is 0 Å². The molecule has 0 bridgehead atoms. The summed E-state index contributed by atoms with van der Waals surface area (Å²) in [4.78, 5) is 15.3. The van der Waals surface area contributed by atoms with Gasteiger partial charge in [0.25, 0.3) is 5.91 Å². The Labute approximate surface area is 190 Å². The Balaban J connectivity index is 1.81. The third kappa shape index (κ3) is 7.08. The monoisotopic (exact) mass is 462 g/mol. The molecule has 0 radical (unpaired) electrons. The van der Waals surface area contributed by atoms with E-state index in [1.54, 1.807) is 45.4 Å². The van der Waals surface area contributed by atoms with Gasteiger partial charge in [-0.05, 0) is 77.4 Å². The largest absolute Gasteiger partial charge is 0.472 e. The van der Waals surface area contributed by atoms with Gasteiger partial charge in [0, 0.05) is 42.0 Å². The van der Waals surface area contributed by atoms with E-state index in [-0.39, 0.29) is 10.8 Å². The molecule has 2 aromatic rings. The van der Waals surface area contributed by atoms with Gasteiger partial charge in [-0.1, -0.05) is 0 Å². The molecule has 176 valence electrons. The minimum atomic E-state index is -3.81. The third-order valence-electron chi connectivity index (χ3n) is 5.27. The summed E-state index contributed by atoms with van der Waals surface area (Å²) >= 11 is 0. The van der Waals surface area contributed by atoms with E-state index < -0.39 is 15.6 Å². The Bertz CT molecular complexity index is 1010. The molecule has 0 unspecified atom stereocenters. The molecule has 1 aromatic heterocycles. The summed E-state index contributed by atoms with van der Waals surface area (Å²) in [6.07, 6.45) is 5.38. The number of nitrogens with one attached hydrogen (secondary N) is 3. The maximum atomic E-state index is 13.0. The molecule has 1 aliphatic heterocycles. The number of rotatable bonds is 8. The van der Waals surface area contributed by atoms with Crippen LogP contribution in [0.3, 0.4) is 0 Å². The van der Waals surface area contributed by atoms with Crippen LogP contribution in [-0.2, 0) is 16.6 Å². The lowest BCUT2D eigenvalue weighted by molar-refractivity contribution is 0.0936. The number of amides is 1. The molecule has 8 nitrogen and oxygen atoms in total. The quantitative estimate of drug-likeness (QED) is 0.557. The first-order chi connectivity index (χ1) is 15.0. The number of hydrogen-bond donors (Lipinski definition) is 3. The van der Waals surface area contributed by atoms with Gasteiger partial charge in [-0.25, -0.2) is 13.1 Å². The van der Waals surface area contributed by atoms with Crippen molar-refractivity contribution in [3.63, 3.8) is 0 Å². The van der Waals surface area contributed by atoms with Crippen LogP contribution in [0.5, 0.6) is 0 Å². The Hall–Kier alpha value is -2.36. The molecule has 1 saturated heterocycles. The second-order valence-corrected chi connectivity index (χ2v) is 11.2. The molecule has 1 amide bonds. The van der Waals surface area contributed by atoms with Crippen LogP contribution >= 0.6 is 0 Å². The smallest absolute Gasteiger partial charge is 0.251 e. The van der Waals surface area contributed by atoms with Crippen LogP contribution in [0.2, 0.25) is 0 Å². The molecule has 1 aromatic carbocycles. The van der Waals surface area contributed by atoms with Crippen LogP contribution in [0, 0.1) is 5.92 Å². The van der Waals surface area contributed by atoms with Crippen LogP contribution in [-0.4, -0.2) is 51.4 Å². The van der Waals surface area contributed by atoms with Crippen molar-refractivity contribution in [3.05, 3.63) is 47.9 Å². The highest BCUT2D eigenvalue weighted by molar-refractivity contribution is 7.89. The van der Waals surface area contributed by atoms with Gasteiger partial charge in [-0.2, -0.15) is 0 Å². The van der Waals surface area contributed by atoms with Crippen LogP contribution in [0.1, 0.15) is 49.5 Å². The molecule has 0 spiro atoms. The molecule has 9 heteroatoms. The lowest BCUT2D eigenvalue weighted by Gasteiger charge is -2.29. The second kappa shape index (κ2) is 10.1. The molecular weight excluding hydrogens is 428 g/mol. The van der Waals surface area contributed by atoms with Gasteiger partial charge in [0.1, 0.15) is 0 Å². The highest BCUT2D eigenvalue weighted by atomic mass is 32.2. The van der Waals surface area contributed by atoms with Crippen LogP contribution in [0.15, 0.2) is 46.1 Å². The van der Waals surface area contributed by atoms with E-state index in [1.807, 2.05) is 6.07 Å². The van der Waals surface area contributed by atoms with Crippen LogP contribution < -0.4 is 15.4 Å². The Morgan fingerprint density at radius 1 is 1.25 bits per heavy atom. The number of carbonyl (C=O) groups is 1. The highest BCUT2D eigenvalue weighted by Crippen LogP contribution is 2.22. The topological polar surface area (TPSA) is 104 Å². The van der Waals surface area contributed by atoms with Gasteiger partial charge in [0.05, 0.1) is 17.4 Å². The molecule has 2 heterocycles. The Kier molecular flexibility index (Phi) is 7.63. The van der Waals surface area contributed by atoms with E-state index in [1.165, 1.54) is 6.07 Å². The van der Waals surface area contributed by atoms with Crippen molar-refractivity contribution in [1.82, 2.24) is 14.9 Å². The first-order valence-corrected chi connectivity index (χ1v) is 12.4. The maximum absolute atomic E-state index is 13.0. The third-order valence-corrected chi connectivity index (χ3v) is 7.01. The number of furan rings is 1. The first-order valence-electron chi connectivity index (χ1n) is 10.9. The summed E-state index contributed by atoms with van der Waals surface area (Å²) < 4.78 is 33.7. The van der Waals surface area contributed by atoms with Crippen molar-refractivity contribution >= 4 is 21.6 Å². The zero-order valence-electron chi connectivity index (χ0n) is 19.3. The zero-order valence-corrected chi connectivity index (χ0v) is 20.1. The number of hydrogen-bond acceptors (Lipinski definition) is 6. The molecule has 32 heavy (non-hydrogen) atoms. The van der Waals surface area contributed by atoms with E-state index in [9.17, 15) is 13.2 Å². The van der Waals surface area contributed by atoms with E-state index in [4.69, 9.17) is 4.42 Å². The standard InChI is InChI=1S/C23H34N4O4S/c1-23(2,3)26-32(29,30)21-11-19(10-20(12-21)24-14-18-7-9-31-16-18)22(28)25-13-17-6-5-8-27(4)15-17/h7,9-12,16-17,24,26H,5-6,8,13-15H2,1-4H3,(H,25,28)/t17-/m1/s1. The van der Waals surface area contributed by atoms with E-state index in [2.05, 4.69) is 27.3 Å². The minimum Gasteiger partial charge on any atom is -0.472 e. The molecule has 3 N–H and O–H groups in total. The average molecular weight is 463 g/mol. The molecule has 1 atom stereocenters. The van der Waals surface area contributed by atoms with Gasteiger partial charge >= 0.3 is 0 Å². The van der Waals surface area contributed by atoms with Gasteiger partial charge in [-0.3, -0.25) is 4.79 Å². The molecule has 3 rings (SSSR count). The predicted octanol–water partition coefficient (Wildman–Crippen LogP) is 3.04. The summed E-state index contributed by atoms with van der Waals surface area (Å²) in [5.74, 6) is 0.114. The van der Waals surface area contributed by atoms with E-state index in [0.717, 1.165) is 31.5 Å².